The van der Waals surface area contributed by atoms with Crippen molar-refractivity contribution in [2.45, 2.75) is 18.6 Å². The molecule has 0 radical (unpaired) electrons. The summed E-state index contributed by atoms with van der Waals surface area (Å²) in [6.45, 7) is 0. The Bertz CT molecular complexity index is 279. The molecule has 0 aliphatic heterocycles. The molecular formula is C9H10O2. The van der Waals surface area contributed by atoms with E-state index in [1.165, 1.54) is 5.56 Å². The summed E-state index contributed by atoms with van der Waals surface area (Å²) in [4.78, 5) is 0. The van der Waals surface area contributed by atoms with Crippen molar-refractivity contribution in [2.24, 2.45) is 0 Å². The third-order valence-electron chi connectivity index (χ3n) is 2.15. The van der Waals surface area contributed by atoms with E-state index in [2.05, 4.69) is 0 Å². The van der Waals surface area contributed by atoms with Gasteiger partial charge in [-0.2, -0.15) is 0 Å². The molecule has 2 heteroatoms. The van der Waals surface area contributed by atoms with E-state index in [1.807, 2.05) is 18.2 Å². The Balaban J connectivity index is 2.54. The fourth-order valence-corrected chi connectivity index (χ4v) is 1.44. The van der Waals surface area contributed by atoms with Gasteiger partial charge in [0, 0.05) is 12.0 Å². The van der Waals surface area contributed by atoms with Gasteiger partial charge in [-0.3, -0.25) is 0 Å². The summed E-state index contributed by atoms with van der Waals surface area (Å²) in [6.07, 6.45) is 1.16. The Labute approximate surface area is 65.1 Å². The lowest BCUT2D eigenvalue weighted by molar-refractivity contribution is -0.176. The fraction of sp³-hybridized carbons (Fsp3) is 0.333. The lowest BCUT2D eigenvalue weighted by atomic mass is 9.90. The number of benzene rings is 1. The standard InChI is InChI=1S/C9H10O2/c10-9(11)5-4-7-2-1-3-8(9)6-7/h1-3,6,10-11H,4-5H2. The third-order valence-corrected chi connectivity index (χ3v) is 2.15. The normalized spacial score (nSPS) is 19.8. The molecule has 0 heterocycles. The SMILES string of the molecule is OC1(O)CCc2cccc1c2. The van der Waals surface area contributed by atoms with Crippen LogP contribution in [0, 0.1) is 0 Å². The van der Waals surface area contributed by atoms with Crippen molar-refractivity contribution in [3.05, 3.63) is 35.4 Å². The van der Waals surface area contributed by atoms with Crippen LogP contribution in [0.3, 0.4) is 0 Å². The van der Waals surface area contributed by atoms with Crippen molar-refractivity contribution in [1.29, 1.82) is 0 Å². The second-order valence-electron chi connectivity index (χ2n) is 3.02. The summed E-state index contributed by atoms with van der Waals surface area (Å²) in [5.41, 5.74) is 1.79. The number of aryl methyl sites for hydroxylation is 1. The van der Waals surface area contributed by atoms with Gasteiger partial charge in [0.15, 0.2) is 5.79 Å². The minimum Gasteiger partial charge on any atom is -0.362 e. The summed E-state index contributed by atoms with van der Waals surface area (Å²) in [5, 5.41) is 18.8. The highest BCUT2D eigenvalue weighted by Gasteiger charge is 2.28. The maximum absolute atomic E-state index is 9.39. The lowest BCUT2D eigenvalue weighted by Crippen LogP contribution is -2.28. The summed E-state index contributed by atoms with van der Waals surface area (Å²) >= 11 is 0. The predicted molar refractivity (Wildman–Crippen MR) is 40.9 cm³/mol. The van der Waals surface area contributed by atoms with Crippen LogP contribution in [0.1, 0.15) is 17.5 Å². The molecule has 0 amide bonds. The largest absolute Gasteiger partial charge is 0.362 e. The van der Waals surface area contributed by atoms with E-state index in [-0.39, 0.29) is 0 Å². The molecule has 0 saturated heterocycles. The summed E-state index contributed by atoms with van der Waals surface area (Å²) in [6, 6.07) is 7.43. The van der Waals surface area contributed by atoms with Gasteiger partial charge >= 0.3 is 0 Å². The number of aliphatic hydroxyl groups is 2. The number of fused-ring (bicyclic) bond motifs is 2. The maximum Gasteiger partial charge on any atom is 0.190 e. The smallest absolute Gasteiger partial charge is 0.190 e. The van der Waals surface area contributed by atoms with Crippen molar-refractivity contribution in [3.63, 3.8) is 0 Å². The van der Waals surface area contributed by atoms with Crippen molar-refractivity contribution in [1.82, 2.24) is 0 Å². The molecule has 58 valence electrons. The van der Waals surface area contributed by atoms with E-state index in [0.717, 1.165) is 6.42 Å². The van der Waals surface area contributed by atoms with Crippen LogP contribution in [-0.2, 0) is 12.2 Å². The van der Waals surface area contributed by atoms with Crippen molar-refractivity contribution >= 4 is 0 Å². The summed E-state index contributed by atoms with van der Waals surface area (Å²) in [7, 11) is 0. The number of hydrogen-bond donors (Lipinski definition) is 2. The van der Waals surface area contributed by atoms with E-state index in [4.69, 9.17) is 0 Å². The van der Waals surface area contributed by atoms with Gasteiger partial charge in [-0.25, -0.2) is 0 Å². The first kappa shape index (κ1) is 6.83. The average Bonchev–Trinajstić information content (AvgIpc) is 2.00. The Kier molecular flexibility index (Phi) is 1.28. The van der Waals surface area contributed by atoms with Gasteiger partial charge < -0.3 is 10.2 Å². The highest BCUT2D eigenvalue weighted by molar-refractivity contribution is 5.30. The molecular weight excluding hydrogens is 140 g/mol. The molecule has 2 N–H and O–H groups in total. The molecule has 0 saturated carbocycles. The van der Waals surface area contributed by atoms with Gasteiger partial charge in [0.25, 0.3) is 0 Å². The molecule has 1 aromatic carbocycles. The second kappa shape index (κ2) is 2.06. The monoisotopic (exact) mass is 150 g/mol. The summed E-state index contributed by atoms with van der Waals surface area (Å²) in [5.74, 6) is -1.59. The van der Waals surface area contributed by atoms with Crippen molar-refractivity contribution in [2.75, 3.05) is 0 Å². The van der Waals surface area contributed by atoms with Gasteiger partial charge in [0.2, 0.25) is 0 Å². The summed E-state index contributed by atoms with van der Waals surface area (Å²) < 4.78 is 0. The van der Waals surface area contributed by atoms with Gasteiger partial charge in [-0.1, -0.05) is 24.3 Å². The first-order valence-corrected chi connectivity index (χ1v) is 3.73. The molecule has 0 unspecified atom stereocenters. The zero-order chi connectivity index (χ0) is 7.90. The lowest BCUT2D eigenvalue weighted by Gasteiger charge is -2.26. The molecule has 2 nitrogen and oxygen atoms in total. The Morgan fingerprint density at radius 3 is 2.82 bits per heavy atom. The molecule has 2 rings (SSSR count). The zero-order valence-corrected chi connectivity index (χ0v) is 6.12. The first-order chi connectivity index (χ1) is 5.18. The second-order valence-corrected chi connectivity index (χ2v) is 3.02. The van der Waals surface area contributed by atoms with Gasteiger partial charge in [0.05, 0.1) is 0 Å². The Hall–Kier alpha value is -0.860. The van der Waals surface area contributed by atoms with E-state index in [0.29, 0.717) is 12.0 Å². The number of hydrogen-bond acceptors (Lipinski definition) is 2. The van der Waals surface area contributed by atoms with Crippen molar-refractivity contribution < 1.29 is 10.2 Å². The van der Waals surface area contributed by atoms with Crippen LogP contribution in [0.5, 0.6) is 0 Å². The van der Waals surface area contributed by atoms with E-state index < -0.39 is 5.79 Å². The quantitative estimate of drug-likeness (QED) is 0.536. The van der Waals surface area contributed by atoms with Gasteiger partial charge in [-0.15, -0.1) is 0 Å². The van der Waals surface area contributed by atoms with Crippen LogP contribution in [0.2, 0.25) is 0 Å². The fourth-order valence-electron chi connectivity index (χ4n) is 1.44. The van der Waals surface area contributed by atoms with Crippen LogP contribution < -0.4 is 0 Å². The molecule has 0 aromatic heterocycles. The molecule has 1 aromatic rings. The zero-order valence-electron chi connectivity index (χ0n) is 6.12. The number of rotatable bonds is 0. The first-order valence-electron chi connectivity index (χ1n) is 3.73. The third kappa shape index (κ3) is 1.04. The molecule has 1 aliphatic carbocycles. The van der Waals surface area contributed by atoms with Crippen LogP contribution in [-0.4, -0.2) is 10.2 Å². The Morgan fingerprint density at radius 1 is 1.27 bits per heavy atom. The van der Waals surface area contributed by atoms with E-state index >= 15 is 0 Å². The predicted octanol–water partition coefficient (Wildman–Crippen LogP) is 0.770. The Morgan fingerprint density at radius 2 is 2.09 bits per heavy atom. The average molecular weight is 150 g/mol. The molecule has 0 fully saturated rings. The topological polar surface area (TPSA) is 40.5 Å². The van der Waals surface area contributed by atoms with E-state index in [1.54, 1.807) is 6.07 Å². The van der Waals surface area contributed by atoms with Gasteiger partial charge in [-0.05, 0) is 12.0 Å². The molecule has 1 aliphatic rings. The maximum atomic E-state index is 9.39. The van der Waals surface area contributed by atoms with Crippen LogP contribution in [0.25, 0.3) is 0 Å². The van der Waals surface area contributed by atoms with Crippen LogP contribution in [0.4, 0.5) is 0 Å². The highest BCUT2D eigenvalue weighted by Crippen LogP contribution is 2.29. The molecule has 0 atom stereocenters. The highest BCUT2D eigenvalue weighted by atomic mass is 16.5. The van der Waals surface area contributed by atoms with Crippen molar-refractivity contribution in [3.8, 4) is 0 Å². The van der Waals surface area contributed by atoms with Crippen LogP contribution in [0.15, 0.2) is 24.3 Å². The minimum absolute atomic E-state index is 0.412. The molecule has 2 bridgehead atoms. The molecule has 11 heavy (non-hydrogen) atoms. The molecule has 0 spiro atoms. The minimum atomic E-state index is -1.59. The van der Waals surface area contributed by atoms with Gasteiger partial charge in [0.1, 0.15) is 0 Å². The van der Waals surface area contributed by atoms with E-state index in [9.17, 15) is 10.2 Å². The van der Waals surface area contributed by atoms with Crippen LogP contribution >= 0.6 is 0 Å².